The van der Waals surface area contributed by atoms with Gasteiger partial charge < -0.3 is 14.3 Å². The van der Waals surface area contributed by atoms with E-state index in [9.17, 15) is 0 Å². The van der Waals surface area contributed by atoms with Gasteiger partial charge in [-0.05, 0) is 110 Å². The van der Waals surface area contributed by atoms with E-state index in [0.717, 1.165) is 35.2 Å². The van der Waals surface area contributed by atoms with E-state index < -0.39 is 0 Å². The Morgan fingerprint density at radius 2 is 1.31 bits per heavy atom. The van der Waals surface area contributed by atoms with E-state index >= 15 is 0 Å². The molecule has 8 aromatic carbocycles. The van der Waals surface area contributed by atoms with Gasteiger partial charge in [0.2, 0.25) is 0 Å². The van der Waals surface area contributed by atoms with Crippen LogP contribution in [0.25, 0.3) is 91.9 Å². The molecule has 0 fully saturated rings. The fourth-order valence-electron chi connectivity index (χ4n) is 11.3. The molecule has 1 aliphatic heterocycles. The molecule has 64 heavy (non-hydrogen) atoms. The molecule has 3 aromatic heterocycles. The summed E-state index contributed by atoms with van der Waals surface area (Å²) in [6, 6.07) is 52.8. The normalized spacial score (nSPS) is 14.2. The van der Waals surface area contributed by atoms with Crippen molar-refractivity contribution in [3.8, 4) is 27.9 Å². The van der Waals surface area contributed by atoms with E-state index in [1.807, 2.05) is 11.3 Å². The minimum absolute atomic E-state index is 0.0245. The van der Waals surface area contributed by atoms with Crippen molar-refractivity contribution in [3.05, 3.63) is 162 Å². The number of hydrogen-bond acceptors (Lipinski definition) is 3. The Hall–Kier alpha value is -6.56. The van der Waals surface area contributed by atoms with Gasteiger partial charge in [0, 0.05) is 75.3 Å². The Labute approximate surface area is 378 Å². The Kier molecular flexibility index (Phi) is 7.59. The van der Waals surface area contributed by atoms with Crippen LogP contribution in [0.3, 0.4) is 0 Å². The summed E-state index contributed by atoms with van der Waals surface area (Å²) in [6.07, 6.45) is 0. The topological polar surface area (TPSA) is 30.1 Å². The van der Waals surface area contributed by atoms with Gasteiger partial charge in [0.15, 0.2) is 7.28 Å². The quantitative estimate of drug-likeness (QED) is 0.180. The Morgan fingerprint density at radius 3 is 2.11 bits per heavy atom. The Balaban J connectivity index is 1.20. The number of aromatic nitrogens is 1. The van der Waals surface area contributed by atoms with Crippen molar-refractivity contribution in [3.63, 3.8) is 0 Å². The van der Waals surface area contributed by atoms with Crippen molar-refractivity contribution < 1.29 is 4.42 Å². The average molecular weight is 845 g/mol. The second-order valence-electron chi connectivity index (χ2n) is 21.0. The number of benzene rings is 8. The van der Waals surface area contributed by atoms with E-state index in [-0.39, 0.29) is 16.2 Å². The van der Waals surface area contributed by atoms with Gasteiger partial charge in [-0.2, -0.15) is 0 Å². The third kappa shape index (κ3) is 5.22. The summed E-state index contributed by atoms with van der Waals surface area (Å²) >= 11 is 1.90. The predicted octanol–water partition coefficient (Wildman–Crippen LogP) is 15.1. The summed E-state index contributed by atoms with van der Waals surface area (Å²) < 4.78 is 12.6. The van der Waals surface area contributed by atoms with Gasteiger partial charge in [0.05, 0.1) is 11.0 Å². The lowest BCUT2D eigenvalue weighted by Gasteiger charge is -2.26. The van der Waals surface area contributed by atoms with Gasteiger partial charge in [-0.3, -0.25) is 0 Å². The van der Waals surface area contributed by atoms with Crippen LogP contribution in [0.4, 0.5) is 11.4 Å². The summed E-state index contributed by atoms with van der Waals surface area (Å²) in [5.74, 6) is 0. The van der Waals surface area contributed by atoms with E-state index in [4.69, 9.17) is 4.42 Å². The maximum absolute atomic E-state index is 7.32. The first kappa shape index (κ1) is 38.0. The lowest BCUT2D eigenvalue weighted by Crippen LogP contribution is -2.37. The van der Waals surface area contributed by atoms with Crippen molar-refractivity contribution in [2.45, 2.75) is 71.6 Å². The number of nitrogens with zero attached hydrogens (tertiary/aromatic N) is 1. The monoisotopic (exact) mass is 844 g/mol. The van der Waals surface area contributed by atoms with Crippen LogP contribution in [0.2, 0.25) is 0 Å². The molecule has 0 unspecified atom stereocenters. The maximum atomic E-state index is 7.32. The van der Waals surface area contributed by atoms with Crippen molar-refractivity contribution in [1.82, 2.24) is 4.57 Å². The summed E-state index contributed by atoms with van der Waals surface area (Å²) in [7, 11) is 0.779. The molecule has 1 aliphatic carbocycles. The predicted molar refractivity (Wildman–Crippen MR) is 277 cm³/mol. The van der Waals surface area contributed by atoms with Gasteiger partial charge in [0.1, 0.15) is 11.2 Å². The number of furan rings is 1. The van der Waals surface area contributed by atoms with E-state index in [1.54, 1.807) is 0 Å². The van der Waals surface area contributed by atoms with Gasteiger partial charge >= 0.3 is 0 Å². The first-order valence-electron chi connectivity index (χ1n) is 22.8. The van der Waals surface area contributed by atoms with Crippen molar-refractivity contribution in [2.75, 3.05) is 5.32 Å². The second-order valence-corrected chi connectivity index (χ2v) is 22.1. The van der Waals surface area contributed by atoms with Crippen LogP contribution >= 0.6 is 11.3 Å². The molecule has 11 aromatic rings. The molecule has 0 atom stereocenters. The Morgan fingerprint density at radius 1 is 0.594 bits per heavy atom. The largest absolute Gasteiger partial charge is 0.455 e. The number of thiophene rings is 1. The highest BCUT2D eigenvalue weighted by molar-refractivity contribution is 7.26. The summed E-state index contributed by atoms with van der Waals surface area (Å²) in [5, 5.41) is 11.6. The summed E-state index contributed by atoms with van der Waals surface area (Å²) in [5.41, 5.74) is 20.6. The molecule has 5 heteroatoms. The van der Waals surface area contributed by atoms with E-state index in [1.165, 1.54) is 108 Å². The van der Waals surface area contributed by atoms with Crippen molar-refractivity contribution >= 4 is 105 Å². The molecule has 1 N–H and O–H groups in total. The molecule has 0 saturated carbocycles. The number of hydrogen-bond donors (Lipinski definition) is 1. The molecule has 0 amide bonds. The van der Waals surface area contributed by atoms with Crippen LogP contribution in [0.1, 0.15) is 77.6 Å². The molecule has 13 rings (SSSR count). The summed E-state index contributed by atoms with van der Waals surface area (Å²) in [6.45, 7) is 18.6. The minimum Gasteiger partial charge on any atom is -0.455 e. The maximum Gasteiger partial charge on any atom is 0.198 e. The fourth-order valence-corrected chi connectivity index (χ4v) is 12.5. The molecule has 0 bridgehead atoms. The van der Waals surface area contributed by atoms with Crippen LogP contribution in [-0.2, 0) is 16.2 Å². The number of anilines is 2. The van der Waals surface area contributed by atoms with Crippen LogP contribution in [-0.4, -0.2) is 11.8 Å². The number of fused-ring (bicyclic) bond motifs is 15. The van der Waals surface area contributed by atoms with Crippen LogP contribution < -0.4 is 16.2 Å². The second kappa shape index (κ2) is 12.8. The lowest BCUT2D eigenvalue weighted by molar-refractivity contribution is 0.590. The van der Waals surface area contributed by atoms with Crippen LogP contribution in [0, 0.1) is 0 Å². The number of nitrogens with one attached hydrogen (secondary N) is 1. The first-order valence-corrected chi connectivity index (χ1v) is 23.6. The molecule has 4 heterocycles. The van der Waals surface area contributed by atoms with Gasteiger partial charge in [0.25, 0.3) is 0 Å². The minimum atomic E-state index is -0.195. The zero-order valence-electron chi connectivity index (χ0n) is 37.7. The zero-order chi connectivity index (χ0) is 43.6. The van der Waals surface area contributed by atoms with Crippen LogP contribution in [0.15, 0.2) is 144 Å². The SMILES string of the molecule is CC(C)(C)c1ccc(Nc2cc3c(cc2-c2c4c5c(c6cc(C(C)(C)C)ccc6n5-c5cc6c(cc5B4)sc4ccccc46)c4c2oc2ccccc24)C(C)(C)c2ccccc2-3)cc1. The number of rotatable bonds is 3. The average Bonchev–Trinajstić information content (AvgIpc) is 3.99. The molecular weight excluding hydrogens is 796 g/mol. The molecule has 2 aliphatic rings. The van der Waals surface area contributed by atoms with Gasteiger partial charge in [-0.15, -0.1) is 11.3 Å². The van der Waals surface area contributed by atoms with Gasteiger partial charge in [-0.25, -0.2) is 0 Å². The van der Waals surface area contributed by atoms with E-state index in [0.29, 0.717) is 0 Å². The summed E-state index contributed by atoms with van der Waals surface area (Å²) in [4.78, 5) is 0. The fraction of sp³-hybridized carbons (Fsp3) is 0.186. The highest BCUT2D eigenvalue weighted by atomic mass is 32.1. The van der Waals surface area contributed by atoms with Crippen LogP contribution in [0.5, 0.6) is 0 Å². The molecular formula is C59H49BN2OS. The van der Waals surface area contributed by atoms with Gasteiger partial charge in [-0.1, -0.05) is 140 Å². The third-order valence-corrected chi connectivity index (χ3v) is 15.8. The first-order chi connectivity index (χ1) is 30.7. The lowest BCUT2D eigenvalue weighted by atomic mass is 9.58. The number of para-hydroxylation sites is 1. The van der Waals surface area contributed by atoms with Crippen molar-refractivity contribution in [2.24, 2.45) is 0 Å². The molecule has 0 spiro atoms. The highest BCUT2D eigenvalue weighted by Gasteiger charge is 2.38. The smallest absolute Gasteiger partial charge is 0.198 e. The third-order valence-electron chi connectivity index (χ3n) is 14.7. The molecule has 0 radical (unpaired) electrons. The Bertz CT molecular complexity index is 3830. The van der Waals surface area contributed by atoms with Crippen molar-refractivity contribution in [1.29, 1.82) is 0 Å². The standard InChI is InChI=1S/C59H49BN2OS/c1-57(2,3)32-21-24-34(25-22-32)61-45-29-38-35-15-9-12-18-42(35)59(7,8)43(38)28-40(45)53-54-55-51(52-37-17-10-13-19-48(37)63-56(52)53)41-27-33(58(4,5)6)23-26-46(41)62(55)47-30-39-36-16-11-14-20-49(36)64-50(39)31-44(47)60-54/h9-31,60-61H,1-8H3. The molecule has 310 valence electrons. The van der Waals surface area contributed by atoms with E-state index in [2.05, 4.69) is 205 Å². The molecule has 0 saturated heterocycles. The highest BCUT2D eigenvalue weighted by Crippen LogP contribution is 2.54. The zero-order valence-corrected chi connectivity index (χ0v) is 38.6. The molecule has 3 nitrogen and oxygen atoms in total.